The van der Waals surface area contributed by atoms with Crippen molar-refractivity contribution in [3.05, 3.63) is 11.9 Å². The first-order chi connectivity index (χ1) is 9.21. The minimum absolute atomic E-state index is 0.322. The van der Waals surface area contributed by atoms with Gasteiger partial charge >= 0.3 is 0 Å². The summed E-state index contributed by atoms with van der Waals surface area (Å²) in [5, 5.41) is 3.21. The summed E-state index contributed by atoms with van der Waals surface area (Å²) >= 11 is 0. The lowest BCUT2D eigenvalue weighted by atomic mass is 9.85. The summed E-state index contributed by atoms with van der Waals surface area (Å²) in [7, 11) is 0. The highest BCUT2D eigenvalue weighted by Gasteiger charge is 2.22. The highest BCUT2D eigenvalue weighted by Crippen LogP contribution is 2.29. The molecule has 0 amide bonds. The Morgan fingerprint density at radius 2 is 2.16 bits per heavy atom. The molecular weight excluding hydrogens is 238 g/mol. The second-order valence-corrected chi connectivity index (χ2v) is 5.35. The predicted molar refractivity (Wildman–Crippen MR) is 77.6 cm³/mol. The van der Waals surface area contributed by atoms with Crippen molar-refractivity contribution in [3.8, 4) is 5.88 Å². The van der Waals surface area contributed by atoms with E-state index in [1.54, 1.807) is 0 Å². The monoisotopic (exact) mass is 263 g/mol. The molecule has 0 radical (unpaired) electrons. The van der Waals surface area contributed by atoms with Gasteiger partial charge in [-0.05, 0) is 39.0 Å². The lowest BCUT2D eigenvalue weighted by molar-refractivity contribution is 0.117. The van der Waals surface area contributed by atoms with Gasteiger partial charge in [0.25, 0.3) is 0 Å². The third-order valence-electron chi connectivity index (χ3n) is 3.77. The first kappa shape index (κ1) is 14.1. The number of aromatic nitrogens is 2. The van der Waals surface area contributed by atoms with Crippen LogP contribution in [-0.4, -0.2) is 22.6 Å². The maximum atomic E-state index is 6.06. The molecule has 1 aliphatic rings. The van der Waals surface area contributed by atoms with Gasteiger partial charge in [-0.3, -0.25) is 0 Å². The molecule has 1 aliphatic carbocycles. The molecule has 1 fully saturated rings. The summed E-state index contributed by atoms with van der Waals surface area (Å²) in [4.78, 5) is 8.73. The molecule has 1 saturated carbocycles. The molecule has 4 heteroatoms. The fraction of sp³-hybridized carbons (Fsp3) is 0.733. The highest BCUT2D eigenvalue weighted by atomic mass is 16.5. The number of nitrogens with one attached hydrogen (secondary N) is 1. The summed E-state index contributed by atoms with van der Waals surface area (Å²) in [5.74, 6) is 3.14. The van der Waals surface area contributed by atoms with Gasteiger partial charge in [0.1, 0.15) is 17.7 Å². The second kappa shape index (κ2) is 6.73. The van der Waals surface area contributed by atoms with Crippen LogP contribution in [0.4, 0.5) is 5.82 Å². The van der Waals surface area contributed by atoms with Crippen LogP contribution in [0, 0.1) is 12.8 Å². The topological polar surface area (TPSA) is 47.0 Å². The Kier molecular flexibility index (Phi) is 5.00. The Bertz CT molecular complexity index is 408. The van der Waals surface area contributed by atoms with Crippen LogP contribution in [0.15, 0.2) is 6.07 Å². The summed E-state index contributed by atoms with van der Waals surface area (Å²) in [6, 6.07) is 1.91. The minimum atomic E-state index is 0.322. The van der Waals surface area contributed by atoms with Crippen LogP contribution in [0.1, 0.15) is 51.8 Å². The van der Waals surface area contributed by atoms with Crippen LogP contribution >= 0.6 is 0 Å². The largest absolute Gasteiger partial charge is 0.474 e. The van der Waals surface area contributed by atoms with E-state index in [1.807, 2.05) is 13.0 Å². The van der Waals surface area contributed by atoms with Gasteiger partial charge in [-0.25, -0.2) is 4.98 Å². The number of anilines is 1. The Labute approximate surface area is 116 Å². The Morgan fingerprint density at radius 1 is 1.32 bits per heavy atom. The van der Waals surface area contributed by atoms with Crippen molar-refractivity contribution in [3.63, 3.8) is 0 Å². The summed E-state index contributed by atoms with van der Waals surface area (Å²) < 4.78 is 6.06. The zero-order valence-corrected chi connectivity index (χ0v) is 12.3. The van der Waals surface area contributed by atoms with Crippen molar-refractivity contribution in [2.24, 2.45) is 5.92 Å². The molecule has 0 aromatic carbocycles. The maximum absolute atomic E-state index is 6.06. The smallest absolute Gasteiger partial charge is 0.218 e. The summed E-state index contributed by atoms with van der Waals surface area (Å²) in [6.07, 6.45) is 6.51. The van der Waals surface area contributed by atoms with Crippen LogP contribution < -0.4 is 10.1 Å². The van der Waals surface area contributed by atoms with E-state index < -0.39 is 0 Å². The van der Waals surface area contributed by atoms with E-state index in [4.69, 9.17) is 4.74 Å². The highest BCUT2D eigenvalue weighted by molar-refractivity contribution is 5.38. The van der Waals surface area contributed by atoms with Gasteiger partial charge in [0, 0.05) is 12.6 Å². The molecule has 19 heavy (non-hydrogen) atoms. The van der Waals surface area contributed by atoms with Crippen LogP contribution in [0.25, 0.3) is 0 Å². The zero-order valence-electron chi connectivity index (χ0n) is 12.3. The molecule has 106 valence electrons. The molecule has 0 saturated heterocycles. The van der Waals surface area contributed by atoms with E-state index in [1.165, 1.54) is 19.3 Å². The number of rotatable bonds is 5. The molecule has 2 rings (SSSR count). The first-order valence-electron chi connectivity index (χ1n) is 7.47. The molecule has 0 bridgehead atoms. The van der Waals surface area contributed by atoms with E-state index in [-0.39, 0.29) is 0 Å². The van der Waals surface area contributed by atoms with Gasteiger partial charge in [-0.1, -0.05) is 19.8 Å². The Hall–Kier alpha value is -1.32. The number of hydrogen-bond donors (Lipinski definition) is 1. The van der Waals surface area contributed by atoms with Gasteiger partial charge in [0.05, 0.1) is 0 Å². The van der Waals surface area contributed by atoms with Crippen molar-refractivity contribution in [1.82, 2.24) is 9.97 Å². The van der Waals surface area contributed by atoms with Gasteiger partial charge in [0.2, 0.25) is 5.88 Å². The maximum Gasteiger partial charge on any atom is 0.218 e. The number of hydrogen-bond acceptors (Lipinski definition) is 4. The normalized spacial score (nSPS) is 23.1. The second-order valence-electron chi connectivity index (χ2n) is 5.35. The predicted octanol–water partition coefficient (Wildman–Crippen LogP) is 3.56. The standard InChI is InChI=1S/C15H25N3O/c1-4-12-7-6-8-13(9-12)19-15-10-14(16-5-2)17-11(3)18-15/h10,12-13H,4-9H2,1-3H3,(H,16,17,18). The van der Waals surface area contributed by atoms with Crippen LogP contribution in [0.5, 0.6) is 5.88 Å². The average molecular weight is 263 g/mol. The van der Waals surface area contributed by atoms with Gasteiger partial charge in [-0.2, -0.15) is 4.98 Å². The van der Waals surface area contributed by atoms with E-state index >= 15 is 0 Å². The molecule has 1 N–H and O–H groups in total. The van der Waals surface area contributed by atoms with Gasteiger partial charge < -0.3 is 10.1 Å². The third kappa shape index (κ3) is 4.08. The van der Waals surface area contributed by atoms with Crippen LogP contribution in [-0.2, 0) is 0 Å². The molecule has 2 atom stereocenters. The average Bonchev–Trinajstić information content (AvgIpc) is 2.38. The summed E-state index contributed by atoms with van der Waals surface area (Å²) in [5.41, 5.74) is 0. The van der Waals surface area contributed by atoms with Crippen molar-refractivity contribution >= 4 is 5.82 Å². The molecule has 1 aromatic heterocycles. The van der Waals surface area contributed by atoms with E-state index in [2.05, 4.69) is 29.1 Å². The SMILES string of the molecule is CCNc1cc(OC2CCCC(CC)C2)nc(C)n1. The van der Waals surface area contributed by atoms with Crippen molar-refractivity contribution in [2.75, 3.05) is 11.9 Å². The van der Waals surface area contributed by atoms with Gasteiger partial charge in [-0.15, -0.1) is 0 Å². The van der Waals surface area contributed by atoms with E-state index in [0.29, 0.717) is 12.0 Å². The van der Waals surface area contributed by atoms with Gasteiger partial charge in [0.15, 0.2) is 0 Å². The summed E-state index contributed by atoms with van der Waals surface area (Å²) in [6.45, 7) is 7.09. The number of aryl methyl sites for hydroxylation is 1. The fourth-order valence-electron chi connectivity index (χ4n) is 2.76. The Morgan fingerprint density at radius 3 is 2.89 bits per heavy atom. The van der Waals surface area contributed by atoms with Crippen molar-refractivity contribution < 1.29 is 4.74 Å². The van der Waals surface area contributed by atoms with Crippen LogP contribution in [0.3, 0.4) is 0 Å². The third-order valence-corrected chi connectivity index (χ3v) is 3.77. The molecule has 0 spiro atoms. The van der Waals surface area contributed by atoms with Crippen LogP contribution in [0.2, 0.25) is 0 Å². The molecular formula is C15H25N3O. The number of nitrogens with zero attached hydrogens (tertiary/aromatic N) is 2. The van der Waals surface area contributed by atoms with E-state index in [0.717, 1.165) is 36.9 Å². The zero-order chi connectivity index (χ0) is 13.7. The lowest BCUT2D eigenvalue weighted by Gasteiger charge is -2.28. The first-order valence-corrected chi connectivity index (χ1v) is 7.47. The molecule has 4 nitrogen and oxygen atoms in total. The molecule has 2 unspecified atom stereocenters. The van der Waals surface area contributed by atoms with E-state index in [9.17, 15) is 0 Å². The van der Waals surface area contributed by atoms with Crippen molar-refractivity contribution in [2.45, 2.75) is 59.0 Å². The Balaban J connectivity index is 2.01. The molecule has 1 aromatic rings. The quantitative estimate of drug-likeness (QED) is 0.882. The molecule has 0 aliphatic heterocycles. The fourth-order valence-corrected chi connectivity index (χ4v) is 2.76. The lowest BCUT2D eigenvalue weighted by Crippen LogP contribution is -2.25. The minimum Gasteiger partial charge on any atom is -0.474 e. The number of ether oxygens (including phenoxy) is 1. The molecule has 1 heterocycles. The van der Waals surface area contributed by atoms with Crippen molar-refractivity contribution in [1.29, 1.82) is 0 Å².